The molecule has 0 aromatic heterocycles. The molecule has 5 nitrogen and oxygen atoms in total. The fourth-order valence-corrected chi connectivity index (χ4v) is 1.64. The first-order valence-corrected chi connectivity index (χ1v) is 6.28. The molecule has 19 heavy (non-hydrogen) atoms. The van der Waals surface area contributed by atoms with Crippen molar-refractivity contribution in [2.24, 2.45) is 0 Å². The summed E-state index contributed by atoms with van der Waals surface area (Å²) in [6.07, 6.45) is 1.31. The summed E-state index contributed by atoms with van der Waals surface area (Å²) in [5.41, 5.74) is 2.46. The van der Waals surface area contributed by atoms with E-state index in [1.807, 2.05) is 32.0 Å². The summed E-state index contributed by atoms with van der Waals surface area (Å²) in [4.78, 5) is 22.7. The van der Waals surface area contributed by atoms with Crippen molar-refractivity contribution in [2.75, 3.05) is 24.3 Å². The van der Waals surface area contributed by atoms with Crippen LogP contribution in [-0.4, -0.2) is 25.5 Å². The maximum atomic E-state index is 11.6. The van der Waals surface area contributed by atoms with E-state index >= 15 is 0 Å². The highest BCUT2D eigenvalue weighted by Gasteiger charge is 2.08. The van der Waals surface area contributed by atoms with Gasteiger partial charge < -0.3 is 15.4 Å². The van der Waals surface area contributed by atoms with Crippen molar-refractivity contribution in [3.8, 4) is 0 Å². The summed E-state index contributed by atoms with van der Waals surface area (Å²) < 4.78 is 4.57. The maximum Gasteiger partial charge on any atom is 0.325 e. The minimum absolute atomic E-state index is 0.00396. The molecule has 1 aromatic carbocycles. The van der Waals surface area contributed by atoms with Gasteiger partial charge in [0.05, 0.1) is 7.11 Å². The average Bonchev–Trinajstić information content (AvgIpc) is 2.39. The van der Waals surface area contributed by atoms with Crippen LogP contribution in [0.4, 0.5) is 11.4 Å². The van der Waals surface area contributed by atoms with Gasteiger partial charge in [-0.25, -0.2) is 0 Å². The molecule has 0 aliphatic carbocycles. The summed E-state index contributed by atoms with van der Waals surface area (Å²) in [7, 11) is 1.35. The van der Waals surface area contributed by atoms with E-state index in [-0.39, 0.29) is 18.4 Å². The molecule has 1 aromatic rings. The molecule has 0 fully saturated rings. The molecule has 1 amide bonds. The van der Waals surface area contributed by atoms with E-state index in [2.05, 4.69) is 15.4 Å². The van der Waals surface area contributed by atoms with Gasteiger partial charge in [0.1, 0.15) is 6.54 Å². The predicted octanol–water partition coefficient (Wildman–Crippen LogP) is 2.32. The monoisotopic (exact) mass is 264 g/mol. The molecule has 0 spiro atoms. The van der Waals surface area contributed by atoms with Crippen LogP contribution in [0, 0.1) is 6.92 Å². The lowest BCUT2D eigenvalue weighted by molar-refractivity contribution is -0.138. The summed E-state index contributed by atoms with van der Waals surface area (Å²) in [6.45, 7) is 3.95. The van der Waals surface area contributed by atoms with Gasteiger partial charge in [0.15, 0.2) is 0 Å². The van der Waals surface area contributed by atoms with E-state index in [9.17, 15) is 9.59 Å². The number of esters is 1. The zero-order chi connectivity index (χ0) is 14.3. The molecule has 2 N–H and O–H groups in total. The number of carbonyl (C=O) groups is 2. The quantitative estimate of drug-likeness (QED) is 0.774. The molecule has 5 heteroatoms. The maximum absolute atomic E-state index is 11.6. The smallest absolute Gasteiger partial charge is 0.325 e. The van der Waals surface area contributed by atoms with Gasteiger partial charge in [-0.15, -0.1) is 0 Å². The lowest BCUT2D eigenvalue weighted by Gasteiger charge is -2.13. The van der Waals surface area contributed by atoms with Crippen LogP contribution in [0.2, 0.25) is 0 Å². The van der Waals surface area contributed by atoms with E-state index in [0.717, 1.165) is 23.4 Å². The third-order valence-corrected chi connectivity index (χ3v) is 2.74. The van der Waals surface area contributed by atoms with Crippen molar-refractivity contribution >= 4 is 23.3 Å². The minimum atomic E-state index is -0.333. The Morgan fingerprint density at radius 3 is 2.58 bits per heavy atom. The van der Waals surface area contributed by atoms with E-state index < -0.39 is 0 Å². The summed E-state index contributed by atoms with van der Waals surface area (Å²) in [5, 5.41) is 5.84. The molecule has 104 valence electrons. The lowest BCUT2D eigenvalue weighted by Crippen LogP contribution is -2.16. The van der Waals surface area contributed by atoms with Gasteiger partial charge in [-0.2, -0.15) is 0 Å². The summed E-state index contributed by atoms with van der Waals surface area (Å²) in [5.74, 6) is -0.337. The number of nitrogens with one attached hydrogen (secondary N) is 2. The van der Waals surface area contributed by atoms with Crippen molar-refractivity contribution < 1.29 is 14.3 Å². The highest BCUT2D eigenvalue weighted by Crippen LogP contribution is 2.23. The second-order valence-corrected chi connectivity index (χ2v) is 4.21. The lowest BCUT2D eigenvalue weighted by atomic mass is 10.1. The number of benzene rings is 1. The Labute approximate surface area is 113 Å². The zero-order valence-corrected chi connectivity index (χ0v) is 11.6. The van der Waals surface area contributed by atoms with Crippen LogP contribution in [-0.2, 0) is 14.3 Å². The number of ether oxygens (including phenoxy) is 1. The van der Waals surface area contributed by atoms with E-state index in [4.69, 9.17) is 0 Å². The second-order valence-electron chi connectivity index (χ2n) is 4.21. The Hall–Kier alpha value is -2.04. The third kappa shape index (κ3) is 4.62. The second kappa shape index (κ2) is 7.41. The highest BCUT2D eigenvalue weighted by atomic mass is 16.5. The van der Waals surface area contributed by atoms with Crippen molar-refractivity contribution in [3.63, 3.8) is 0 Å². The van der Waals surface area contributed by atoms with Crippen LogP contribution in [0.1, 0.15) is 25.3 Å². The van der Waals surface area contributed by atoms with Crippen LogP contribution in [0.5, 0.6) is 0 Å². The molecule has 0 unspecified atom stereocenters. The normalized spacial score (nSPS) is 9.84. The fraction of sp³-hybridized carbons (Fsp3) is 0.429. The van der Waals surface area contributed by atoms with E-state index in [1.54, 1.807) is 0 Å². The van der Waals surface area contributed by atoms with Gasteiger partial charge in [0.25, 0.3) is 0 Å². The van der Waals surface area contributed by atoms with Crippen molar-refractivity contribution in [3.05, 3.63) is 23.8 Å². The van der Waals surface area contributed by atoms with Crippen LogP contribution in [0.15, 0.2) is 18.2 Å². The molecule has 0 heterocycles. The van der Waals surface area contributed by atoms with E-state index in [0.29, 0.717) is 6.42 Å². The molecular formula is C14H20N2O3. The zero-order valence-electron chi connectivity index (χ0n) is 11.6. The Morgan fingerprint density at radius 2 is 1.95 bits per heavy atom. The summed E-state index contributed by atoms with van der Waals surface area (Å²) >= 11 is 0. The molecule has 0 saturated carbocycles. The molecule has 1 rings (SSSR count). The minimum Gasteiger partial charge on any atom is -0.468 e. The molecule has 0 radical (unpaired) electrons. The predicted molar refractivity (Wildman–Crippen MR) is 75.2 cm³/mol. The Bertz CT molecular complexity index is 458. The standard InChI is InChI=1S/C14H20N2O3/c1-4-6-13(17)16-12-8-5-7-11(10(12)2)15-9-14(18)19-3/h5,7-8,15H,4,6,9H2,1-3H3,(H,16,17). The van der Waals surface area contributed by atoms with Crippen LogP contribution < -0.4 is 10.6 Å². The Morgan fingerprint density at radius 1 is 1.26 bits per heavy atom. The molecule has 0 aliphatic rings. The number of carbonyl (C=O) groups excluding carboxylic acids is 2. The third-order valence-electron chi connectivity index (χ3n) is 2.74. The molecule has 0 atom stereocenters. The van der Waals surface area contributed by atoms with Crippen molar-refractivity contribution in [2.45, 2.75) is 26.7 Å². The number of hydrogen-bond acceptors (Lipinski definition) is 4. The number of amides is 1. The van der Waals surface area contributed by atoms with Gasteiger partial charge >= 0.3 is 5.97 Å². The van der Waals surface area contributed by atoms with Gasteiger partial charge in [0.2, 0.25) is 5.91 Å². The van der Waals surface area contributed by atoms with Crippen molar-refractivity contribution in [1.82, 2.24) is 0 Å². The molecule has 0 bridgehead atoms. The van der Waals surface area contributed by atoms with Gasteiger partial charge in [-0.1, -0.05) is 13.0 Å². The fourth-order valence-electron chi connectivity index (χ4n) is 1.64. The van der Waals surface area contributed by atoms with Gasteiger partial charge in [-0.05, 0) is 31.0 Å². The highest BCUT2D eigenvalue weighted by molar-refractivity contribution is 5.92. The van der Waals surface area contributed by atoms with Crippen LogP contribution >= 0.6 is 0 Å². The Kier molecular flexibility index (Phi) is 5.85. The molecule has 0 saturated heterocycles. The van der Waals surface area contributed by atoms with Crippen LogP contribution in [0.3, 0.4) is 0 Å². The average molecular weight is 264 g/mol. The molecular weight excluding hydrogens is 244 g/mol. The molecule has 0 aliphatic heterocycles. The summed E-state index contributed by atoms with van der Waals surface area (Å²) in [6, 6.07) is 5.52. The topological polar surface area (TPSA) is 67.4 Å². The number of methoxy groups -OCH3 is 1. The first-order chi connectivity index (χ1) is 9.08. The van der Waals surface area contributed by atoms with Gasteiger partial charge in [-0.3, -0.25) is 9.59 Å². The van der Waals surface area contributed by atoms with Crippen LogP contribution in [0.25, 0.3) is 0 Å². The first-order valence-electron chi connectivity index (χ1n) is 6.28. The van der Waals surface area contributed by atoms with Gasteiger partial charge in [0, 0.05) is 17.8 Å². The number of rotatable bonds is 6. The van der Waals surface area contributed by atoms with E-state index in [1.165, 1.54) is 7.11 Å². The number of hydrogen-bond donors (Lipinski definition) is 2. The Balaban J connectivity index is 2.74. The number of anilines is 2. The SMILES string of the molecule is CCCC(=O)Nc1cccc(NCC(=O)OC)c1C. The first kappa shape index (κ1) is 15.0. The largest absolute Gasteiger partial charge is 0.468 e. The van der Waals surface area contributed by atoms with Crippen molar-refractivity contribution in [1.29, 1.82) is 0 Å².